The smallest absolute Gasteiger partial charge is 0.324 e. The number of carbonyl (C=O) groups is 2. The Balaban J connectivity index is 1.70. The topological polar surface area (TPSA) is 67.9 Å². The van der Waals surface area contributed by atoms with Crippen molar-refractivity contribution in [1.82, 2.24) is 10.2 Å². The zero-order chi connectivity index (χ0) is 21.7. The van der Waals surface area contributed by atoms with Crippen LogP contribution in [0.1, 0.15) is 39.2 Å². The van der Waals surface area contributed by atoms with E-state index in [-0.39, 0.29) is 18.0 Å². The van der Waals surface area contributed by atoms with E-state index in [2.05, 4.69) is 29.6 Å². The van der Waals surface area contributed by atoms with E-state index in [1.54, 1.807) is 0 Å². The van der Waals surface area contributed by atoms with E-state index < -0.39 is 11.6 Å². The lowest BCUT2D eigenvalue weighted by atomic mass is 10.0. The number of likely N-dealkylation sites (tertiary alicyclic amines) is 1. The third-order valence-corrected chi connectivity index (χ3v) is 5.36. The Morgan fingerprint density at radius 2 is 1.90 bits per heavy atom. The van der Waals surface area contributed by atoms with Crippen LogP contribution in [0.15, 0.2) is 42.5 Å². The Hall–Kier alpha value is -2.44. The van der Waals surface area contributed by atoms with Gasteiger partial charge in [-0.05, 0) is 56.5 Å². The second-order valence-electron chi connectivity index (χ2n) is 8.78. The maximum absolute atomic E-state index is 12.6. The SMILES string of the molecule is COC(=O)[C@H](CN1CCC[C@H]1C(=O)OC(C)(C)C)NCc1cccc2ccccc12. The first-order chi connectivity index (χ1) is 14.3. The van der Waals surface area contributed by atoms with Crippen molar-refractivity contribution in [2.75, 3.05) is 20.2 Å². The predicted molar refractivity (Wildman–Crippen MR) is 117 cm³/mol. The Labute approximate surface area is 178 Å². The molecule has 1 fully saturated rings. The highest BCUT2D eigenvalue weighted by atomic mass is 16.6. The summed E-state index contributed by atoms with van der Waals surface area (Å²) in [7, 11) is 1.39. The Kier molecular flexibility index (Phi) is 7.10. The number of hydrogen-bond donors (Lipinski definition) is 1. The molecule has 0 bridgehead atoms. The molecule has 6 nitrogen and oxygen atoms in total. The summed E-state index contributed by atoms with van der Waals surface area (Å²) in [5.41, 5.74) is 0.590. The van der Waals surface area contributed by atoms with Crippen LogP contribution in [0.3, 0.4) is 0 Å². The second-order valence-corrected chi connectivity index (χ2v) is 8.78. The van der Waals surface area contributed by atoms with Crippen molar-refractivity contribution in [1.29, 1.82) is 0 Å². The minimum Gasteiger partial charge on any atom is -0.468 e. The van der Waals surface area contributed by atoms with Crippen molar-refractivity contribution < 1.29 is 19.1 Å². The number of nitrogens with one attached hydrogen (secondary N) is 1. The van der Waals surface area contributed by atoms with Crippen LogP contribution in [-0.4, -0.2) is 54.7 Å². The van der Waals surface area contributed by atoms with Crippen LogP contribution in [0, 0.1) is 0 Å². The normalized spacial score (nSPS) is 18.3. The largest absolute Gasteiger partial charge is 0.468 e. The van der Waals surface area contributed by atoms with Gasteiger partial charge in [-0.1, -0.05) is 42.5 Å². The van der Waals surface area contributed by atoms with E-state index >= 15 is 0 Å². The molecule has 0 spiro atoms. The molecular formula is C24H32N2O4. The van der Waals surface area contributed by atoms with Crippen molar-refractivity contribution in [3.8, 4) is 0 Å². The van der Waals surface area contributed by atoms with Crippen LogP contribution >= 0.6 is 0 Å². The van der Waals surface area contributed by atoms with Gasteiger partial charge in [-0.2, -0.15) is 0 Å². The molecule has 162 valence electrons. The van der Waals surface area contributed by atoms with Crippen molar-refractivity contribution >= 4 is 22.7 Å². The standard InChI is InChI=1S/C24H32N2O4/c1-24(2,3)30-23(28)21-13-8-14-26(21)16-20(22(27)29-4)25-15-18-11-7-10-17-9-5-6-12-19(17)18/h5-7,9-12,20-21,25H,8,13-16H2,1-4H3/t20-,21-/m0/s1. The molecule has 1 N–H and O–H groups in total. The number of benzene rings is 2. The maximum Gasteiger partial charge on any atom is 0.324 e. The number of carbonyl (C=O) groups excluding carboxylic acids is 2. The quantitative estimate of drug-likeness (QED) is 0.704. The molecule has 3 rings (SSSR count). The zero-order valence-electron chi connectivity index (χ0n) is 18.3. The number of fused-ring (bicyclic) bond motifs is 1. The molecule has 1 aliphatic rings. The van der Waals surface area contributed by atoms with Crippen LogP contribution in [0.4, 0.5) is 0 Å². The third-order valence-electron chi connectivity index (χ3n) is 5.36. The van der Waals surface area contributed by atoms with Gasteiger partial charge in [0.1, 0.15) is 17.7 Å². The van der Waals surface area contributed by atoms with Gasteiger partial charge in [-0.15, -0.1) is 0 Å². The molecule has 0 unspecified atom stereocenters. The number of ether oxygens (including phenoxy) is 2. The predicted octanol–water partition coefficient (Wildman–Crippen LogP) is 3.28. The van der Waals surface area contributed by atoms with Gasteiger partial charge < -0.3 is 9.47 Å². The Bertz CT molecular complexity index is 885. The Morgan fingerprint density at radius 3 is 2.63 bits per heavy atom. The molecule has 2 aromatic rings. The number of hydrogen-bond acceptors (Lipinski definition) is 6. The molecular weight excluding hydrogens is 380 g/mol. The first-order valence-electron chi connectivity index (χ1n) is 10.5. The minimum atomic E-state index is -0.531. The van der Waals surface area contributed by atoms with Crippen LogP contribution in [0.2, 0.25) is 0 Å². The van der Waals surface area contributed by atoms with E-state index in [0.29, 0.717) is 13.1 Å². The maximum atomic E-state index is 12.6. The lowest BCUT2D eigenvalue weighted by Crippen LogP contribution is -2.50. The van der Waals surface area contributed by atoms with Gasteiger partial charge in [0, 0.05) is 13.1 Å². The molecule has 1 aliphatic heterocycles. The van der Waals surface area contributed by atoms with E-state index in [1.165, 1.54) is 7.11 Å². The number of esters is 2. The fourth-order valence-electron chi connectivity index (χ4n) is 3.96. The molecule has 1 heterocycles. The first-order valence-corrected chi connectivity index (χ1v) is 10.5. The zero-order valence-corrected chi connectivity index (χ0v) is 18.3. The van der Waals surface area contributed by atoms with Crippen molar-refractivity contribution in [2.45, 2.75) is 57.8 Å². The van der Waals surface area contributed by atoms with Gasteiger partial charge in [0.2, 0.25) is 0 Å². The van der Waals surface area contributed by atoms with Gasteiger partial charge in [0.05, 0.1) is 7.11 Å². The van der Waals surface area contributed by atoms with E-state index in [0.717, 1.165) is 35.7 Å². The first kappa shape index (κ1) is 22.2. The summed E-state index contributed by atoms with van der Waals surface area (Å²) >= 11 is 0. The highest BCUT2D eigenvalue weighted by molar-refractivity contribution is 5.85. The monoisotopic (exact) mass is 412 g/mol. The summed E-state index contributed by atoms with van der Waals surface area (Å²) in [6.45, 7) is 7.30. The van der Waals surface area contributed by atoms with E-state index in [9.17, 15) is 9.59 Å². The molecule has 1 saturated heterocycles. The van der Waals surface area contributed by atoms with Crippen molar-refractivity contribution in [2.24, 2.45) is 0 Å². The molecule has 0 amide bonds. The van der Waals surface area contributed by atoms with Crippen LogP contribution < -0.4 is 5.32 Å². The molecule has 0 saturated carbocycles. The van der Waals surface area contributed by atoms with Gasteiger partial charge in [-0.25, -0.2) is 0 Å². The fourth-order valence-corrected chi connectivity index (χ4v) is 3.96. The number of methoxy groups -OCH3 is 1. The molecule has 0 radical (unpaired) electrons. The molecule has 0 aromatic heterocycles. The number of nitrogens with zero attached hydrogens (tertiary/aromatic N) is 1. The summed E-state index contributed by atoms with van der Waals surface area (Å²) in [5, 5.41) is 5.66. The lowest BCUT2D eigenvalue weighted by Gasteiger charge is -2.29. The average molecular weight is 413 g/mol. The van der Waals surface area contributed by atoms with Crippen LogP contribution in [-0.2, 0) is 25.6 Å². The van der Waals surface area contributed by atoms with Gasteiger partial charge in [0.25, 0.3) is 0 Å². The van der Waals surface area contributed by atoms with E-state index in [4.69, 9.17) is 9.47 Å². The molecule has 30 heavy (non-hydrogen) atoms. The Morgan fingerprint density at radius 1 is 1.17 bits per heavy atom. The summed E-state index contributed by atoms with van der Waals surface area (Å²) in [5.74, 6) is -0.553. The second kappa shape index (κ2) is 9.58. The summed E-state index contributed by atoms with van der Waals surface area (Å²) in [4.78, 5) is 27.1. The van der Waals surface area contributed by atoms with Crippen LogP contribution in [0.25, 0.3) is 10.8 Å². The van der Waals surface area contributed by atoms with Crippen LogP contribution in [0.5, 0.6) is 0 Å². The van der Waals surface area contributed by atoms with Gasteiger partial charge >= 0.3 is 11.9 Å². The molecule has 6 heteroatoms. The van der Waals surface area contributed by atoms with Crippen molar-refractivity contribution in [3.63, 3.8) is 0 Å². The average Bonchev–Trinajstić information content (AvgIpc) is 3.17. The summed E-state index contributed by atoms with van der Waals surface area (Å²) < 4.78 is 10.6. The van der Waals surface area contributed by atoms with Gasteiger partial charge in [-0.3, -0.25) is 19.8 Å². The lowest BCUT2D eigenvalue weighted by molar-refractivity contribution is -0.161. The highest BCUT2D eigenvalue weighted by Crippen LogP contribution is 2.22. The molecule has 2 atom stereocenters. The highest BCUT2D eigenvalue weighted by Gasteiger charge is 2.36. The number of rotatable bonds is 7. The van der Waals surface area contributed by atoms with Gasteiger partial charge in [0.15, 0.2) is 0 Å². The summed E-state index contributed by atoms with van der Waals surface area (Å²) in [6, 6.07) is 13.5. The fraction of sp³-hybridized carbons (Fsp3) is 0.500. The van der Waals surface area contributed by atoms with E-state index in [1.807, 2.05) is 43.9 Å². The molecule has 0 aliphatic carbocycles. The third kappa shape index (κ3) is 5.58. The molecule has 2 aromatic carbocycles. The minimum absolute atomic E-state index is 0.224. The summed E-state index contributed by atoms with van der Waals surface area (Å²) in [6.07, 6.45) is 1.65. The van der Waals surface area contributed by atoms with Crippen molar-refractivity contribution in [3.05, 3.63) is 48.0 Å².